The fourth-order valence-electron chi connectivity index (χ4n) is 2.49. The zero-order chi connectivity index (χ0) is 19.0. The summed E-state index contributed by atoms with van der Waals surface area (Å²) in [7, 11) is -3.72. The molecule has 0 spiro atoms. The maximum absolute atomic E-state index is 11.4. The minimum absolute atomic E-state index is 0.00915. The van der Waals surface area contributed by atoms with Gasteiger partial charge in [-0.25, -0.2) is 18.5 Å². The zero-order valence-corrected chi connectivity index (χ0v) is 15.4. The molecule has 0 aliphatic heterocycles. The van der Waals surface area contributed by atoms with Crippen LogP contribution in [-0.2, 0) is 10.0 Å². The molecule has 0 radical (unpaired) electrons. The molecular weight excluding hydrogens is 386 g/mol. The highest BCUT2D eigenvalue weighted by Crippen LogP contribution is 2.31. The third kappa shape index (κ3) is 3.58. The number of primary sulfonamides is 1. The number of nitrogen functional groups attached to an aromatic ring is 1. The number of nitrogens with two attached hydrogens (primary N) is 2. The van der Waals surface area contributed by atoms with E-state index in [2.05, 4.69) is 15.2 Å². The highest BCUT2D eigenvalue weighted by molar-refractivity contribution is 7.89. The standard InChI is InChI=1S/C17H13N5O3S2/c18-17-22-21-15(25-17)11-2-1-3-12(8-11)16-20-14(9-26-16)10-4-6-13(7-5-10)27(19,23)24/h1-9H,(H2,18,22)(H2,19,23,24). The Kier molecular flexibility index (Phi) is 4.22. The molecule has 10 heteroatoms. The largest absolute Gasteiger partial charge is 0.404 e. The Morgan fingerprint density at radius 1 is 0.963 bits per heavy atom. The van der Waals surface area contributed by atoms with Crippen LogP contribution in [0.5, 0.6) is 0 Å². The van der Waals surface area contributed by atoms with E-state index >= 15 is 0 Å². The maximum atomic E-state index is 11.4. The summed E-state index contributed by atoms with van der Waals surface area (Å²) in [6.45, 7) is 0. The molecule has 0 aliphatic carbocycles. The number of hydrogen-bond acceptors (Lipinski definition) is 8. The van der Waals surface area contributed by atoms with E-state index in [1.54, 1.807) is 12.1 Å². The van der Waals surface area contributed by atoms with Crippen LogP contribution in [0.3, 0.4) is 0 Å². The average molecular weight is 399 g/mol. The van der Waals surface area contributed by atoms with E-state index in [4.69, 9.17) is 15.3 Å². The van der Waals surface area contributed by atoms with Crippen molar-refractivity contribution in [3.05, 3.63) is 53.9 Å². The van der Waals surface area contributed by atoms with Gasteiger partial charge in [-0.1, -0.05) is 29.4 Å². The van der Waals surface area contributed by atoms with Gasteiger partial charge >= 0.3 is 6.01 Å². The van der Waals surface area contributed by atoms with Crippen LogP contribution in [-0.4, -0.2) is 23.6 Å². The van der Waals surface area contributed by atoms with E-state index in [1.807, 2.05) is 29.6 Å². The number of hydrogen-bond donors (Lipinski definition) is 2. The third-order valence-corrected chi connectivity index (χ3v) is 5.60. The number of thiazole rings is 1. The Bertz CT molecular complexity index is 1210. The van der Waals surface area contributed by atoms with E-state index < -0.39 is 10.0 Å². The quantitative estimate of drug-likeness (QED) is 0.538. The molecule has 0 bridgehead atoms. The third-order valence-electron chi connectivity index (χ3n) is 3.78. The predicted molar refractivity (Wildman–Crippen MR) is 102 cm³/mol. The highest BCUT2D eigenvalue weighted by atomic mass is 32.2. The summed E-state index contributed by atoms with van der Waals surface area (Å²) < 4.78 is 28.0. The molecule has 4 rings (SSSR count). The van der Waals surface area contributed by atoms with Gasteiger partial charge in [-0.05, 0) is 24.3 Å². The molecular formula is C17H13N5O3S2. The molecule has 0 saturated carbocycles. The molecule has 0 saturated heterocycles. The normalized spacial score (nSPS) is 11.6. The molecule has 0 fully saturated rings. The van der Waals surface area contributed by atoms with Gasteiger partial charge in [0.05, 0.1) is 10.6 Å². The first-order valence-corrected chi connectivity index (χ1v) is 10.1. The van der Waals surface area contributed by atoms with E-state index in [-0.39, 0.29) is 10.9 Å². The van der Waals surface area contributed by atoms with Crippen molar-refractivity contribution in [3.63, 3.8) is 0 Å². The zero-order valence-electron chi connectivity index (χ0n) is 13.7. The molecule has 2 aromatic heterocycles. The topological polar surface area (TPSA) is 138 Å². The molecule has 0 aliphatic rings. The van der Waals surface area contributed by atoms with Crippen molar-refractivity contribution in [1.82, 2.24) is 15.2 Å². The van der Waals surface area contributed by atoms with Gasteiger partial charge in [0, 0.05) is 22.1 Å². The second-order valence-electron chi connectivity index (χ2n) is 5.63. The van der Waals surface area contributed by atoms with Gasteiger partial charge in [0.15, 0.2) is 0 Å². The summed E-state index contributed by atoms with van der Waals surface area (Å²) in [4.78, 5) is 4.69. The molecule has 136 valence electrons. The average Bonchev–Trinajstić information content (AvgIpc) is 3.31. The van der Waals surface area contributed by atoms with Crippen molar-refractivity contribution >= 4 is 27.4 Å². The highest BCUT2D eigenvalue weighted by Gasteiger charge is 2.12. The van der Waals surface area contributed by atoms with E-state index in [0.717, 1.165) is 27.4 Å². The van der Waals surface area contributed by atoms with Crippen LogP contribution >= 0.6 is 11.3 Å². The molecule has 0 atom stereocenters. The lowest BCUT2D eigenvalue weighted by Gasteiger charge is -2.01. The Morgan fingerprint density at radius 2 is 1.70 bits per heavy atom. The van der Waals surface area contributed by atoms with Crippen molar-refractivity contribution in [3.8, 4) is 33.3 Å². The molecule has 4 N–H and O–H groups in total. The van der Waals surface area contributed by atoms with E-state index in [0.29, 0.717) is 5.89 Å². The summed E-state index contributed by atoms with van der Waals surface area (Å²) in [5.41, 5.74) is 8.64. The molecule has 4 aromatic rings. The van der Waals surface area contributed by atoms with Crippen LogP contribution in [0.25, 0.3) is 33.3 Å². The summed E-state index contributed by atoms with van der Waals surface area (Å²) in [6.07, 6.45) is 0. The first kappa shape index (κ1) is 17.3. The van der Waals surface area contributed by atoms with Gasteiger partial charge in [0.2, 0.25) is 15.9 Å². The van der Waals surface area contributed by atoms with E-state index in [1.165, 1.54) is 23.5 Å². The Balaban J connectivity index is 1.65. The fraction of sp³-hybridized carbons (Fsp3) is 0. The SMILES string of the molecule is Nc1nnc(-c2cccc(-c3nc(-c4ccc(S(N)(=O)=O)cc4)cs3)c2)o1. The van der Waals surface area contributed by atoms with Crippen LogP contribution in [0.1, 0.15) is 0 Å². The summed E-state index contributed by atoms with van der Waals surface area (Å²) >= 11 is 1.47. The number of anilines is 1. The Hall–Kier alpha value is -3.08. The van der Waals surface area contributed by atoms with Crippen molar-refractivity contribution < 1.29 is 12.8 Å². The smallest absolute Gasteiger partial charge is 0.313 e. The maximum Gasteiger partial charge on any atom is 0.313 e. The second-order valence-corrected chi connectivity index (χ2v) is 8.05. The number of benzene rings is 2. The first-order valence-electron chi connectivity index (χ1n) is 7.69. The monoisotopic (exact) mass is 399 g/mol. The molecule has 2 aromatic carbocycles. The minimum atomic E-state index is -3.72. The van der Waals surface area contributed by atoms with Crippen molar-refractivity contribution in [2.75, 3.05) is 5.73 Å². The lowest BCUT2D eigenvalue weighted by molar-refractivity contribution is 0.590. The number of nitrogens with zero attached hydrogens (tertiary/aromatic N) is 3. The van der Waals surface area contributed by atoms with Crippen LogP contribution < -0.4 is 10.9 Å². The molecule has 0 amide bonds. The van der Waals surface area contributed by atoms with Crippen molar-refractivity contribution in [2.24, 2.45) is 5.14 Å². The molecule has 27 heavy (non-hydrogen) atoms. The van der Waals surface area contributed by atoms with Crippen LogP contribution in [0.4, 0.5) is 6.01 Å². The van der Waals surface area contributed by atoms with Crippen molar-refractivity contribution in [1.29, 1.82) is 0 Å². The predicted octanol–water partition coefficient (Wildman–Crippen LogP) is 2.76. The Morgan fingerprint density at radius 3 is 2.37 bits per heavy atom. The van der Waals surface area contributed by atoms with Crippen LogP contribution in [0.15, 0.2) is 63.2 Å². The van der Waals surface area contributed by atoms with Crippen LogP contribution in [0, 0.1) is 0 Å². The summed E-state index contributed by atoms with van der Waals surface area (Å²) in [6, 6.07) is 13.8. The molecule has 0 unspecified atom stereocenters. The van der Waals surface area contributed by atoms with Gasteiger partial charge in [0.1, 0.15) is 5.01 Å². The second kappa shape index (κ2) is 6.58. The number of rotatable bonds is 4. The van der Waals surface area contributed by atoms with Crippen molar-refractivity contribution in [2.45, 2.75) is 4.90 Å². The first-order chi connectivity index (χ1) is 12.9. The Labute approximate surface area is 158 Å². The fourth-order valence-corrected chi connectivity index (χ4v) is 3.83. The lowest BCUT2D eigenvalue weighted by atomic mass is 10.1. The summed E-state index contributed by atoms with van der Waals surface area (Å²) in [5.74, 6) is 0.338. The molecule has 2 heterocycles. The number of sulfonamides is 1. The van der Waals surface area contributed by atoms with Gasteiger partial charge in [-0.15, -0.1) is 16.4 Å². The summed E-state index contributed by atoms with van der Waals surface area (Å²) in [5, 5.41) is 15.4. The number of aromatic nitrogens is 3. The van der Waals surface area contributed by atoms with Gasteiger partial charge in [-0.2, -0.15) is 0 Å². The van der Waals surface area contributed by atoms with Gasteiger partial charge in [0.25, 0.3) is 0 Å². The molecule has 8 nitrogen and oxygen atoms in total. The van der Waals surface area contributed by atoms with E-state index in [9.17, 15) is 8.42 Å². The minimum Gasteiger partial charge on any atom is -0.404 e. The lowest BCUT2D eigenvalue weighted by Crippen LogP contribution is -2.11. The van der Waals surface area contributed by atoms with Crippen LogP contribution in [0.2, 0.25) is 0 Å². The van der Waals surface area contributed by atoms with Gasteiger partial charge in [-0.3, -0.25) is 0 Å². The van der Waals surface area contributed by atoms with Gasteiger partial charge < -0.3 is 10.2 Å².